The summed E-state index contributed by atoms with van der Waals surface area (Å²) in [5.41, 5.74) is 5.60. The molecule has 2 rings (SSSR count). The fourth-order valence-electron chi connectivity index (χ4n) is 1.83. The summed E-state index contributed by atoms with van der Waals surface area (Å²) in [6.45, 7) is 7.78. The molecule has 2 N–H and O–H groups in total. The van der Waals surface area contributed by atoms with Crippen molar-refractivity contribution in [1.82, 2.24) is 15.0 Å². The van der Waals surface area contributed by atoms with E-state index in [2.05, 4.69) is 15.0 Å². The fourth-order valence-corrected chi connectivity index (χ4v) is 1.83. The van der Waals surface area contributed by atoms with Crippen molar-refractivity contribution in [3.63, 3.8) is 0 Å². The number of halogens is 1. The minimum atomic E-state index is 0. The third-order valence-electron chi connectivity index (χ3n) is 2.83. The van der Waals surface area contributed by atoms with E-state index in [0.29, 0.717) is 19.0 Å². The van der Waals surface area contributed by atoms with Crippen LogP contribution in [0.25, 0.3) is 0 Å². The first-order valence-electron chi connectivity index (χ1n) is 6.05. The van der Waals surface area contributed by atoms with Gasteiger partial charge in [0.05, 0.1) is 19.3 Å². The number of morpholine rings is 1. The summed E-state index contributed by atoms with van der Waals surface area (Å²) in [7, 11) is 0. The van der Waals surface area contributed by atoms with Gasteiger partial charge in [0.1, 0.15) is 0 Å². The van der Waals surface area contributed by atoms with E-state index >= 15 is 0 Å². The number of aromatic nitrogens is 2. The summed E-state index contributed by atoms with van der Waals surface area (Å²) in [4.78, 5) is 6.61. The van der Waals surface area contributed by atoms with E-state index in [1.165, 1.54) is 0 Å². The van der Waals surface area contributed by atoms with Crippen LogP contribution in [0.5, 0.6) is 0 Å². The standard InChI is InChI=1S/C11H20N4O2.ClH/c1-8(2)11-13-10(14-17-11)7-15-3-4-16-9(5-12)6-15;/h8-9H,3-7,12H2,1-2H3;1H. The average Bonchev–Trinajstić information content (AvgIpc) is 2.78. The van der Waals surface area contributed by atoms with Crippen LogP contribution < -0.4 is 5.73 Å². The lowest BCUT2D eigenvalue weighted by molar-refractivity contribution is -0.0269. The Labute approximate surface area is 113 Å². The fraction of sp³-hybridized carbons (Fsp3) is 0.818. The molecule has 1 aliphatic rings. The molecule has 1 aromatic rings. The number of hydrogen-bond acceptors (Lipinski definition) is 6. The number of nitrogens with zero attached hydrogens (tertiary/aromatic N) is 3. The van der Waals surface area contributed by atoms with Crippen LogP contribution in [0.2, 0.25) is 0 Å². The predicted octanol–water partition coefficient (Wildman–Crippen LogP) is 0.774. The summed E-state index contributed by atoms with van der Waals surface area (Å²) >= 11 is 0. The van der Waals surface area contributed by atoms with Crippen molar-refractivity contribution in [2.24, 2.45) is 5.73 Å². The largest absolute Gasteiger partial charge is 0.374 e. The summed E-state index contributed by atoms with van der Waals surface area (Å²) in [6.07, 6.45) is 0.125. The molecular weight excluding hydrogens is 256 g/mol. The highest BCUT2D eigenvalue weighted by molar-refractivity contribution is 5.85. The quantitative estimate of drug-likeness (QED) is 0.875. The molecule has 2 heterocycles. The van der Waals surface area contributed by atoms with Crippen LogP contribution >= 0.6 is 12.4 Å². The lowest BCUT2D eigenvalue weighted by atomic mass is 10.2. The average molecular weight is 277 g/mol. The summed E-state index contributed by atoms with van der Waals surface area (Å²) in [5.74, 6) is 1.72. The molecule has 1 atom stereocenters. The predicted molar refractivity (Wildman–Crippen MR) is 69.7 cm³/mol. The minimum Gasteiger partial charge on any atom is -0.374 e. The number of rotatable bonds is 4. The van der Waals surface area contributed by atoms with Gasteiger partial charge >= 0.3 is 0 Å². The van der Waals surface area contributed by atoms with Gasteiger partial charge < -0.3 is 15.0 Å². The maximum absolute atomic E-state index is 5.60. The highest BCUT2D eigenvalue weighted by Crippen LogP contribution is 2.13. The first kappa shape index (κ1) is 15.4. The van der Waals surface area contributed by atoms with Crippen LogP contribution in [0, 0.1) is 0 Å². The summed E-state index contributed by atoms with van der Waals surface area (Å²) < 4.78 is 10.7. The van der Waals surface area contributed by atoms with E-state index in [9.17, 15) is 0 Å². The Bertz CT molecular complexity index is 359. The van der Waals surface area contributed by atoms with Gasteiger partial charge in [-0.15, -0.1) is 12.4 Å². The third kappa shape index (κ3) is 3.91. The van der Waals surface area contributed by atoms with Crippen molar-refractivity contribution >= 4 is 12.4 Å². The van der Waals surface area contributed by atoms with Gasteiger partial charge in [-0.25, -0.2) is 0 Å². The van der Waals surface area contributed by atoms with Crippen LogP contribution in [0.3, 0.4) is 0 Å². The highest BCUT2D eigenvalue weighted by atomic mass is 35.5. The van der Waals surface area contributed by atoms with Crippen LogP contribution in [0.4, 0.5) is 0 Å². The topological polar surface area (TPSA) is 77.4 Å². The molecule has 1 aliphatic heterocycles. The van der Waals surface area contributed by atoms with Crippen LogP contribution in [0.15, 0.2) is 4.52 Å². The van der Waals surface area contributed by atoms with E-state index in [-0.39, 0.29) is 24.4 Å². The van der Waals surface area contributed by atoms with Crippen molar-refractivity contribution in [3.8, 4) is 0 Å². The van der Waals surface area contributed by atoms with Crippen molar-refractivity contribution < 1.29 is 9.26 Å². The van der Waals surface area contributed by atoms with Gasteiger partial charge in [-0.2, -0.15) is 4.98 Å². The molecule has 0 saturated carbocycles. The zero-order valence-corrected chi connectivity index (χ0v) is 11.7. The van der Waals surface area contributed by atoms with E-state index in [4.69, 9.17) is 15.0 Å². The Morgan fingerprint density at radius 2 is 2.28 bits per heavy atom. The van der Waals surface area contributed by atoms with E-state index < -0.39 is 0 Å². The van der Waals surface area contributed by atoms with Crippen molar-refractivity contribution in [3.05, 3.63) is 11.7 Å². The smallest absolute Gasteiger partial charge is 0.229 e. The second-order valence-corrected chi connectivity index (χ2v) is 4.67. The molecule has 7 heteroatoms. The molecule has 0 radical (unpaired) electrons. The molecule has 1 aromatic heterocycles. The van der Waals surface area contributed by atoms with Crippen LogP contribution in [-0.2, 0) is 11.3 Å². The van der Waals surface area contributed by atoms with Crippen LogP contribution in [0.1, 0.15) is 31.5 Å². The minimum absolute atomic E-state index is 0. The second kappa shape index (κ2) is 7.04. The highest BCUT2D eigenvalue weighted by Gasteiger charge is 2.21. The van der Waals surface area contributed by atoms with Crippen molar-refractivity contribution in [1.29, 1.82) is 0 Å². The Kier molecular flexibility index (Phi) is 6.01. The molecule has 0 aromatic carbocycles. The maximum Gasteiger partial charge on any atom is 0.229 e. The second-order valence-electron chi connectivity index (χ2n) is 4.67. The lowest BCUT2D eigenvalue weighted by Gasteiger charge is -2.31. The molecule has 0 bridgehead atoms. The van der Waals surface area contributed by atoms with Crippen LogP contribution in [-0.4, -0.2) is 47.4 Å². The summed E-state index contributed by atoms with van der Waals surface area (Å²) in [5, 5.41) is 3.98. The monoisotopic (exact) mass is 276 g/mol. The van der Waals surface area contributed by atoms with E-state index in [1.807, 2.05) is 13.8 Å². The van der Waals surface area contributed by atoms with Gasteiger partial charge in [0.15, 0.2) is 5.82 Å². The van der Waals surface area contributed by atoms with E-state index in [0.717, 1.165) is 25.5 Å². The molecule has 0 amide bonds. The van der Waals surface area contributed by atoms with Gasteiger partial charge in [-0.1, -0.05) is 19.0 Å². The molecule has 104 valence electrons. The SMILES string of the molecule is CC(C)c1nc(CN2CCOC(CN)C2)no1.Cl. The number of ether oxygens (including phenoxy) is 1. The molecule has 6 nitrogen and oxygen atoms in total. The number of hydrogen-bond donors (Lipinski definition) is 1. The molecular formula is C11H21ClN4O2. The Hall–Kier alpha value is -0.690. The first-order valence-corrected chi connectivity index (χ1v) is 6.05. The Balaban J connectivity index is 0.00000162. The zero-order valence-electron chi connectivity index (χ0n) is 10.8. The van der Waals surface area contributed by atoms with Gasteiger partial charge in [0.25, 0.3) is 0 Å². The Morgan fingerprint density at radius 1 is 1.50 bits per heavy atom. The molecule has 1 unspecified atom stereocenters. The number of nitrogens with two attached hydrogens (primary N) is 1. The summed E-state index contributed by atoms with van der Waals surface area (Å²) in [6, 6.07) is 0. The van der Waals surface area contributed by atoms with E-state index in [1.54, 1.807) is 0 Å². The first-order chi connectivity index (χ1) is 8.19. The normalized spacial score (nSPS) is 21.0. The third-order valence-corrected chi connectivity index (χ3v) is 2.83. The van der Waals surface area contributed by atoms with Gasteiger partial charge in [-0.05, 0) is 0 Å². The van der Waals surface area contributed by atoms with Gasteiger partial charge in [0, 0.05) is 25.6 Å². The molecule has 18 heavy (non-hydrogen) atoms. The van der Waals surface area contributed by atoms with Gasteiger partial charge in [-0.3, -0.25) is 4.90 Å². The zero-order chi connectivity index (χ0) is 12.3. The van der Waals surface area contributed by atoms with Crippen molar-refractivity contribution in [2.45, 2.75) is 32.4 Å². The maximum atomic E-state index is 5.60. The molecule has 1 fully saturated rings. The van der Waals surface area contributed by atoms with Crippen molar-refractivity contribution in [2.75, 3.05) is 26.2 Å². The molecule has 0 spiro atoms. The Morgan fingerprint density at radius 3 is 2.89 bits per heavy atom. The lowest BCUT2D eigenvalue weighted by Crippen LogP contribution is -2.45. The molecule has 0 aliphatic carbocycles. The van der Waals surface area contributed by atoms with Gasteiger partial charge in [0.2, 0.25) is 5.89 Å². The molecule has 1 saturated heterocycles.